The molecule has 1 fully saturated rings. The van der Waals surface area contributed by atoms with Gasteiger partial charge in [0.05, 0.1) is 37.2 Å². The Morgan fingerprint density at radius 1 is 1.02 bits per heavy atom. The Bertz CT molecular complexity index is 1350. The van der Waals surface area contributed by atoms with Crippen LogP contribution in [0.3, 0.4) is 0 Å². The van der Waals surface area contributed by atoms with Crippen LogP contribution in [0.25, 0.3) is 0 Å². The van der Waals surface area contributed by atoms with Gasteiger partial charge in [-0.1, -0.05) is 89.7 Å². The van der Waals surface area contributed by atoms with Crippen molar-refractivity contribution in [3.8, 4) is 0 Å². The number of amides is 1. The molecule has 57 heavy (non-hydrogen) atoms. The molecule has 4 aliphatic rings. The van der Waals surface area contributed by atoms with E-state index in [1.807, 2.05) is 0 Å². The first-order valence-corrected chi connectivity index (χ1v) is 23.0. The minimum absolute atomic E-state index is 0.0490. The highest BCUT2D eigenvalue weighted by Gasteiger charge is 2.49. The number of aliphatic hydroxyl groups is 2. The van der Waals surface area contributed by atoms with Crippen LogP contribution in [0.15, 0.2) is 33.4 Å². The maximum absolute atomic E-state index is 13.7. The lowest BCUT2D eigenvalue weighted by Crippen LogP contribution is -2.51. The molecule has 0 aromatic carbocycles. The second kappa shape index (κ2) is 25.8. The van der Waals surface area contributed by atoms with Crippen LogP contribution in [0.1, 0.15) is 174 Å². The summed E-state index contributed by atoms with van der Waals surface area (Å²) in [5.41, 5.74) is 11.2. The number of nitrogens with two attached hydrogens (primary N) is 1. The number of carbonyl (C=O) groups excluding carboxylic acids is 2. The summed E-state index contributed by atoms with van der Waals surface area (Å²) >= 11 is 0. The van der Waals surface area contributed by atoms with Gasteiger partial charge in [0.15, 0.2) is 5.72 Å². The van der Waals surface area contributed by atoms with Gasteiger partial charge in [-0.2, -0.15) is 0 Å². The summed E-state index contributed by atoms with van der Waals surface area (Å²) in [6.07, 6.45) is 27.6. The average molecular weight is 800 g/mol. The van der Waals surface area contributed by atoms with E-state index in [4.69, 9.17) is 25.2 Å². The van der Waals surface area contributed by atoms with Crippen molar-refractivity contribution in [3.05, 3.63) is 23.4 Å². The third-order valence-electron chi connectivity index (χ3n) is 12.1. The number of rotatable bonds is 29. The van der Waals surface area contributed by atoms with Crippen LogP contribution >= 0.6 is 0 Å². The number of quaternary nitrogens is 1. The number of unbranched alkanes of at least 4 members (excludes halogenated alkanes) is 12. The minimum Gasteiger partial charge on any atom is -0.462 e. The lowest BCUT2D eigenvalue weighted by molar-refractivity contribution is -0.368. The van der Waals surface area contributed by atoms with Gasteiger partial charge in [0, 0.05) is 50.5 Å². The number of carbonyl (C=O) groups is 2. The molecule has 0 radical (unpaired) electrons. The van der Waals surface area contributed by atoms with E-state index in [1.165, 1.54) is 51.4 Å². The molecule has 4 rings (SSSR count). The average Bonchev–Trinajstić information content (AvgIpc) is 3.50. The zero-order chi connectivity index (χ0) is 40.9. The molecule has 1 spiro atoms. The highest BCUT2D eigenvalue weighted by Crippen LogP contribution is 2.45. The van der Waals surface area contributed by atoms with Gasteiger partial charge >= 0.3 is 5.97 Å². The SMILES string of the molecule is CC[C@H]1C=CCC[C@@]2(C[C@@H]3CCC4=C(C(=O)OCCCCCCCCCCCCCCCC(=O)N(CCC[NH3+])C[C@H](O)CCN)C(CCC[C@@H](C)O)=NC(=N2)N43)O1. The number of aliphatic imine (C=N–C) groups is 2. The van der Waals surface area contributed by atoms with Crippen molar-refractivity contribution in [2.24, 2.45) is 15.7 Å². The molecule has 12 heteroatoms. The van der Waals surface area contributed by atoms with Gasteiger partial charge in [-0.05, 0) is 77.7 Å². The summed E-state index contributed by atoms with van der Waals surface area (Å²) in [6.45, 7) is 6.62. The van der Waals surface area contributed by atoms with Crippen molar-refractivity contribution in [2.45, 2.75) is 204 Å². The Hall–Kier alpha value is -2.64. The normalized spacial score (nSPS) is 22.6. The summed E-state index contributed by atoms with van der Waals surface area (Å²) in [7, 11) is 0. The Balaban J connectivity index is 1.09. The van der Waals surface area contributed by atoms with Crippen molar-refractivity contribution < 1.29 is 35.0 Å². The standard InChI is InChI=1S/C45H78N6O6/c1-3-38-22-16-17-28-45(57-38)33-36-25-26-40-42(39(23-19-21-35(2)52)48-44(49-45)51(36)40)43(55)56-32-18-14-12-10-8-6-4-5-7-9-11-13-15-24-41(54)50(31-20-29-46)34-37(53)27-30-47/h16,22,35-38,52-53H,3-15,17-21,23-34,46-47H2,1-2H3/p+1/t35-,36+,37-,38+,45+/m1/s1. The first kappa shape index (κ1) is 47.0. The summed E-state index contributed by atoms with van der Waals surface area (Å²) in [6, 6.07) is 0.210. The van der Waals surface area contributed by atoms with Crippen LogP contribution in [-0.2, 0) is 19.1 Å². The van der Waals surface area contributed by atoms with E-state index in [0.717, 1.165) is 101 Å². The molecule has 0 saturated carbocycles. The molecule has 0 aromatic heterocycles. The molecule has 1 saturated heterocycles. The van der Waals surface area contributed by atoms with E-state index in [2.05, 4.69) is 29.7 Å². The summed E-state index contributed by atoms with van der Waals surface area (Å²) in [4.78, 5) is 40.7. The molecule has 324 valence electrons. The highest BCUT2D eigenvalue weighted by atomic mass is 16.5. The van der Waals surface area contributed by atoms with Crippen LogP contribution in [0, 0.1) is 0 Å². The molecular formula is C45H79N6O6+. The van der Waals surface area contributed by atoms with Gasteiger partial charge in [-0.3, -0.25) is 4.79 Å². The molecule has 4 aliphatic heterocycles. The molecule has 7 N–H and O–H groups in total. The van der Waals surface area contributed by atoms with Gasteiger partial charge in [0.2, 0.25) is 11.9 Å². The molecular weight excluding hydrogens is 721 g/mol. The quantitative estimate of drug-likeness (QED) is 0.0377. The number of esters is 1. The number of allylic oxidation sites excluding steroid dienone is 2. The fourth-order valence-electron chi connectivity index (χ4n) is 8.81. The number of guanidine groups is 1. The predicted molar refractivity (Wildman–Crippen MR) is 227 cm³/mol. The smallest absolute Gasteiger partial charge is 0.341 e. The van der Waals surface area contributed by atoms with Crippen molar-refractivity contribution in [2.75, 3.05) is 32.8 Å². The van der Waals surface area contributed by atoms with Crippen LogP contribution in [0.4, 0.5) is 0 Å². The van der Waals surface area contributed by atoms with Crippen molar-refractivity contribution >= 4 is 23.5 Å². The van der Waals surface area contributed by atoms with Gasteiger partial charge in [-0.15, -0.1) is 0 Å². The van der Waals surface area contributed by atoms with E-state index < -0.39 is 17.9 Å². The van der Waals surface area contributed by atoms with Gasteiger partial charge < -0.3 is 41.0 Å². The molecule has 4 heterocycles. The Morgan fingerprint density at radius 2 is 1.70 bits per heavy atom. The Morgan fingerprint density at radius 3 is 2.35 bits per heavy atom. The molecule has 1 amide bonds. The highest BCUT2D eigenvalue weighted by molar-refractivity contribution is 6.24. The topological polar surface area (TPSA) is 178 Å². The van der Waals surface area contributed by atoms with Crippen molar-refractivity contribution in [3.63, 3.8) is 0 Å². The van der Waals surface area contributed by atoms with E-state index in [9.17, 15) is 19.8 Å². The van der Waals surface area contributed by atoms with E-state index in [-0.39, 0.29) is 24.0 Å². The number of hydrogen-bond acceptors (Lipinski definition) is 10. The second-order valence-corrected chi connectivity index (χ2v) is 17.0. The Labute approximate surface area is 344 Å². The van der Waals surface area contributed by atoms with Crippen molar-refractivity contribution in [1.82, 2.24) is 9.80 Å². The monoisotopic (exact) mass is 800 g/mol. The van der Waals surface area contributed by atoms with Gasteiger partial charge in [0.1, 0.15) is 5.57 Å². The number of nitrogens with zero attached hydrogens (tertiary/aromatic N) is 4. The Kier molecular flexibility index (Phi) is 21.3. The fraction of sp³-hybridized carbons (Fsp3) is 0.822. The predicted octanol–water partition coefficient (Wildman–Crippen LogP) is 6.49. The molecule has 12 nitrogen and oxygen atoms in total. The zero-order valence-corrected chi connectivity index (χ0v) is 35.8. The second-order valence-electron chi connectivity index (χ2n) is 17.0. The largest absolute Gasteiger partial charge is 0.462 e. The maximum Gasteiger partial charge on any atom is 0.341 e. The van der Waals surface area contributed by atoms with Gasteiger partial charge in [0.25, 0.3) is 0 Å². The number of aliphatic hydroxyl groups excluding tert-OH is 2. The molecule has 0 aromatic rings. The first-order chi connectivity index (χ1) is 27.7. The fourth-order valence-corrected chi connectivity index (χ4v) is 8.81. The number of hydrogen-bond donors (Lipinski definition) is 4. The van der Waals surface area contributed by atoms with Gasteiger partial charge in [-0.25, -0.2) is 14.8 Å². The lowest BCUT2D eigenvalue weighted by Gasteiger charge is -2.43. The van der Waals surface area contributed by atoms with Crippen molar-refractivity contribution in [1.29, 1.82) is 0 Å². The third-order valence-corrected chi connectivity index (χ3v) is 12.1. The summed E-state index contributed by atoms with van der Waals surface area (Å²) < 4.78 is 12.6. The van der Waals surface area contributed by atoms with E-state index in [1.54, 1.807) is 11.8 Å². The number of ether oxygens (including phenoxy) is 2. The zero-order valence-electron chi connectivity index (χ0n) is 35.8. The lowest BCUT2D eigenvalue weighted by atomic mass is 9.95. The molecule has 5 atom stereocenters. The van der Waals surface area contributed by atoms with E-state index in [0.29, 0.717) is 63.5 Å². The molecule has 0 aliphatic carbocycles. The van der Waals surface area contributed by atoms with Crippen LogP contribution in [-0.4, -0.2) is 106 Å². The minimum atomic E-state index is -0.582. The maximum atomic E-state index is 13.7. The van der Waals surface area contributed by atoms with Crippen LogP contribution in [0.2, 0.25) is 0 Å². The van der Waals surface area contributed by atoms with Crippen LogP contribution in [0.5, 0.6) is 0 Å². The first-order valence-electron chi connectivity index (χ1n) is 23.0. The summed E-state index contributed by atoms with van der Waals surface area (Å²) in [5, 5.41) is 20.1. The molecule has 0 bridgehead atoms. The molecule has 0 unspecified atom stereocenters. The van der Waals surface area contributed by atoms with E-state index >= 15 is 0 Å². The summed E-state index contributed by atoms with van der Waals surface area (Å²) in [5.74, 6) is 0.556. The van der Waals surface area contributed by atoms with Crippen LogP contribution < -0.4 is 11.5 Å². The third kappa shape index (κ3) is 15.5.